The van der Waals surface area contributed by atoms with Crippen LogP contribution in [-0.4, -0.2) is 0 Å². The molecule has 0 radical (unpaired) electrons. The maximum absolute atomic E-state index is 5.80. The molecule has 12 heavy (non-hydrogen) atoms. The van der Waals surface area contributed by atoms with Gasteiger partial charge in [-0.1, -0.05) is 38.6 Å². The molecule has 1 nitrogen and oxygen atoms in total. The fraction of sp³-hybridized carbons (Fsp3) is 0.273. The molecule has 0 spiro atoms. The molecule has 1 rings (SSSR count). The summed E-state index contributed by atoms with van der Waals surface area (Å²) >= 11 is 0. The van der Waals surface area contributed by atoms with Crippen LogP contribution in [0.4, 0.5) is 5.69 Å². The Labute approximate surface area is 73.9 Å². The monoisotopic (exact) mass is 161 g/mol. The van der Waals surface area contributed by atoms with E-state index in [0.29, 0.717) is 5.92 Å². The number of rotatable bonds is 2. The second kappa shape index (κ2) is 3.44. The Hall–Kier alpha value is -1.24. The van der Waals surface area contributed by atoms with E-state index in [9.17, 15) is 0 Å². The molecule has 0 atom stereocenters. The van der Waals surface area contributed by atoms with Crippen LogP contribution in [0, 0.1) is 0 Å². The maximum Gasteiger partial charge on any atom is 0.0390 e. The third-order valence-electron chi connectivity index (χ3n) is 2.00. The Morgan fingerprint density at radius 2 is 2.08 bits per heavy atom. The number of anilines is 1. The van der Waals surface area contributed by atoms with Crippen molar-refractivity contribution in [2.24, 2.45) is 0 Å². The molecule has 0 saturated carbocycles. The van der Waals surface area contributed by atoms with Gasteiger partial charge in [0.25, 0.3) is 0 Å². The van der Waals surface area contributed by atoms with Gasteiger partial charge in [0.15, 0.2) is 0 Å². The van der Waals surface area contributed by atoms with Gasteiger partial charge >= 0.3 is 0 Å². The molecule has 1 heteroatoms. The first-order valence-corrected chi connectivity index (χ1v) is 4.17. The SMILES string of the molecule is C=Cc1c(N)cccc1C(C)C. The highest BCUT2D eigenvalue weighted by molar-refractivity contribution is 5.67. The zero-order valence-corrected chi connectivity index (χ0v) is 7.67. The predicted octanol–water partition coefficient (Wildman–Crippen LogP) is 3.04. The van der Waals surface area contributed by atoms with E-state index in [4.69, 9.17) is 5.73 Å². The zero-order valence-electron chi connectivity index (χ0n) is 7.67. The predicted molar refractivity (Wildman–Crippen MR) is 55.0 cm³/mol. The number of nitrogen functional groups attached to an aromatic ring is 1. The van der Waals surface area contributed by atoms with Gasteiger partial charge in [0.05, 0.1) is 0 Å². The number of hydrogen-bond donors (Lipinski definition) is 1. The van der Waals surface area contributed by atoms with Crippen molar-refractivity contribution in [3.63, 3.8) is 0 Å². The zero-order chi connectivity index (χ0) is 9.14. The lowest BCUT2D eigenvalue weighted by atomic mass is 9.96. The maximum atomic E-state index is 5.80. The molecule has 2 N–H and O–H groups in total. The van der Waals surface area contributed by atoms with E-state index in [1.54, 1.807) is 0 Å². The van der Waals surface area contributed by atoms with Gasteiger partial charge in [-0.15, -0.1) is 0 Å². The molecule has 1 aromatic rings. The smallest absolute Gasteiger partial charge is 0.0390 e. The van der Waals surface area contributed by atoms with Crippen molar-refractivity contribution in [2.45, 2.75) is 19.8 Å². The van der Waals surface area contributed by atoms with Crippen molar-refractivity contribution in [3.05, 3.63) is 35.9 Å². The van der Waals surface area contributed by atoms with Crippen molar-refractivity contribution in [2.75, 3.05) is 5.73 Å². The molecule has 0 saturated heterocycles. The number of benzene rings is 1. The van der Waals surface area contributed by atoms with Crippen molar-refractivity contribution < 1.29 is 0 Å². The molecule has 0 fully saturated rings. The molecule has 1 aromatic carbocycles. The van der Waals surface area contributed by atoms with E-state index >= 15 is 0 Å². The van der Waals surface area contributed by atoms with E-state index in [-0.39, 0.29) is 0 Å². The quantitative estimate of drug-likeness (QED) is 0.663. The van der Waals surface area contributed by atoms with Crippen LogP contribution in [0.15, 0.2) is 24.8 Å². The Bertz CT molecular complexity index is 287. The minimum atomic E-state index is 0.501. The summed E-state index contributed by atoms with van der Waals surface area (Å²) in [5, 5.41) is 0. The van der Waals surface area contributed by atoms with Gasteiger partial charge < -0.3 is 5.73 Å². The van der Waals surface area contributed by atoms with Gasteiger partial charge in [-0.25, -0.2) is 0 Å². The Morgan fingerprint density at radius 1 is 1.42 bits per heavy atom. The van der Waals surface area contributed by atoms with E-state index in [1.807, 2.05) is 18.2 Å². The second-order valence-electron chi connectivity index (χ2n) is 3.21. The fourth-order valence-corrected chi connectivity index (χ4v) is 1.34. The fourth-order valence-electron chi connectivity index (χ4n) is 1.34. The third-order valence-corrected chi connectivity index (χ3v) is 2.00. The van der Waals surface area contributed by atoms with Crippen molar-refractivity contribution in [1.29, 1.82) is 0 Å². The van der Waals surface area contributed by atoms with Crippen LogP contribution in [0.2, 0.25) is 0 Å². The average Bonchev–Trinajstić information content (AvgIpc) is 2.03. The molecule has 64 valence electrons. The summed E-state index contributed by atoms with van der Waals surface area (Å²) in [7, 11) is 0. The molecule has 0 aliphatic rings. The topological polar surface area (TPSA) is 26.0 Å². The Morgan fingerprint density at radius 3 is 2.50 bits per heavy atom. The minimum Gasteiger partial charge on any atom is -0.398 e. The summed E-state index contributed by atoms with van der Waals surface area (Å²) in [4.78, 5) is 0. The first kappa shape index (κ1) is 8.85. The first-order valence-electron chi connectivity index (χ1n) is 4.17. The highest BCUT2D eigenvalue weighted by Gasteiger charge is 2.05. The lowest BCUT2D eigenvalue weighted by Gasteiger charge is -2.11. The van der Waals surface area contributed by atoms with Crippen molar-refractivity contribution >= 4 is 11.8 Å². The number of nitrogens with two attached hydrogens (primary N) is 1. The summed E-state index contributed by atoms with van der Waals surface area (Å²) in [5.74, 6) is 0.501. The summed E-state index contributed by atoms with van der Waals surface area (Å²) < 4.78 is 0. The summed E-state index contributed by atoms with van der Waals surface area (Å²) in [6, 6.07) is 5.98. The molecular weight excluding hydrogens is 146 g/mol. The second-order valence-corrected chi connectivity index (χ2v) is 3.21. The van der Waals surface area contributed by atoms with Crippen LogP contribution in [0.1, 0.15) is 30.9 Å². The molecular formula is C11H15N. The van der Waals surface area contributed by atoms with Crippen molar-refractivity contribution in [1.82, 2.24) is 0 Å². The molecule has 0 bridgehead atoms. The van der Waals surface area contributed by atoms with Crippen LogP contribution in [-0.2, 0) is 0 Å². The minimum absolute atomic E-state index is 0.501. The van der Waals surface area contributed by atoms with E-state index in [0.717, 1.165) is 11.3 Å². The summed E-state index contributed by atoms with van der Waals surface area (Å²) in [6.07, 6.45) is 1.82. The molecule has 0 heterocycles. The molecule has 0 amide bonds. The van der Waals surface area contributed by atoms with Crippen molar-refractivity contribution in [3.8, 4) is 0 Å². The highest BCUT2D eigenvalue weighted by Crippen LogP contribution is 2.24. The number of hydrogen-bond acceptors (Lipinski definition) is 1. The van der Waals surface area contributed by atoms with Crippen LogP contribution >= 0.6 is 0 Å². The lowest BCUT2D eigenvalue weighted by molar-refractivity contribution is 0.865. The molecule has 0 aromatic heterocycles. The largest absolute Gasteiger partial charge is 0.398 e. The first-order chi connectivity index (χ1) is 5.66. The van der Waals surface area contributed by atoms with Gasteiger partial charge in [0.1, 0.15) is 0 Å². The van der Waals surface area contributed by atoms with Gasteiger partial charge in [-0.05, 0) is 17.5 Å². The van der Waals surface area contributed by atoms with Gasteiger partial charge in [-0.2, -0.15) is 0 Å². The van der Waals surface area contributed by atoms with Gasteiger partial charge in [-0.3, -0.25) is 0 Å². The van der Waals surface area contributed by atoms with E-state index in [2.05, 4.69) is 26.5 Å². The third kappa shape index (κ3) is 1.50. The lowest BCUT2D eigenvalue weighted by Crippen LogP contribution is -1.96. The summed E-state index contributed by atoms with van der Waals surface area (Å²) in [5.41, 5.74) is 8.96. The molecule has 0 aliphatic heterocycles. The van der Waals surface area contributed by atoms with E-state index in [1.165, 1.54) is 5.56 Å². The van der Waals surface area contributed by atoms with Gasteiger partial charge in [0.2, 0.25) is 0 Å². The average molecular weight is 161 g/mol. The van der Waals surface area contributed by atoms with Crippen LogP contribution in [0.5, 0.6) is 0 Å². The van der Waals surface area contributed by atoms with Crippen LogP contribution in [0.25, 0.3) is 6.08 Å². The van der Waals surface area contributed by atoms with E-state index < -0.39 is 0 Å². The van der Waals surface area contributed by atoms with Crippen LogP contribution in [0.3, 0.4) is 0 Å². The standard InChI is InChI=1S/C11H15N/c1-4-9-10(8(2)3)6-5-7-11(9)12/h4-8H,1,12H2,2-3H3. The Kier molecular flexibility index (Phi) is 2.54. The van der Waals surface area contributed by atoms with Gasteiger partial charge in [0, 0.05) is 11.3 Å². The molecule has 0 unspecified atom stereocenters. The summed E-state index contributed by atoms with van der Waals surface area (Å²) in [6.45, 7) is 8.06. The van der Waals surface area contributed by atoms with Crippen LogP contribution < -0.4 is 5.73 Å². The Balaban J connectivity index is 3.27. The highest BCUT2D eigenvalue weighted by atomic mass is 14.6. The molecule has 0 aliphatic carbocycles. The normalized spacial score (nSPS) is 10.2.